The summed E-state index contributed by atoms with van der Waals surface area (Å²) in [5.74, 6) is -1.84. The lowest BCUT2D eigenvalue weighted by atomic mass is 9.73. The molecule has 0 bridgehead atoms. The van der Waals surface area contributed by atoms with Crippen LogP contribution in [-0.4, -0.2) is 68.3 Å². The number of ether oxygens (including phenoxy) is 2. The van der Waals surface area contributed by atoms with Crippen molar-refractivity contribution in [2.45, 2.75) is 111 Å². The second kappa shape index (κ2) is 14.3. The number of hydrogen-bond donors (Lipinski definition) is 2. The number of benzene rings is 1. The maximum absolute atomic E-state index is 13.4. The van der Waals surface area contributed by atoms with E-state index in [1.807, 2.05) is 62.6 Å². The van der Waals surface area contributed by atoms with Crippen molar-refractivity contribution in [2.75, 3.05) is 0 Å². The van der Waals surface area contributed by atoms with E-state index in [1.54, 1.807) is 25.7 Å². The Kier molecular flexibility index (Phi) is 11.0. The number of carbonyl (C=O) groups excluding carboxylic acids is 3. The first-order valence-electron chi connectivity index (χ1n) is 15.5. The van der Waals surface area contributed by atoms with Gasteiger partial charge in [-0.15, -0.1) is 11.3 Å². The molecule has 2 aliphatic heterocycles. The minimum absolute atomic E-state index is 0.116. The molecule has 4 rings (SSSR count). The number of fused-ring (bicyclic) bond motifs is 1. The van der Waals surface area contributed by atoms with E-state index in [9.17, 15) is 24.6 Å². The number of nitrogens with zero attached hydrogens (tertiary/aromatic N) is 2. The van der Waals surface area contributed by atoms with Crippen molar-refractivity contribution in [3.8, 4) is 0 Å². The molecular weight excluding hydrogens is 580 g/mol. The molecule has 2 fully saturated rings. The smallest absolute Gasteiger partial charge is 0.410 e. The first-order chi connectivity index (χ1) is 20.8. The van der Waals surface area contributed by atoms with E-state index >= 15 is 0 Å². The lowest BCUT2D eigenvalue weighted by Crippen LogP contribution is -2.45. The number of cyclic esters (lactones) is 1. The highest BCUT2D eigenvalue weighted by Gasteiger charge is 2.53. The number of amides is 1. The van der Waals surface area contributed by atoms with Crippen molar-refractivity contribution >= 4 is 35.3 Å². The van der Waals surface area contributed by atoms with Gasteiger partial charge in [-0.2, -0.15) is 0 Å². The third-order valence-electron chi connectivity index (χ3n) is 9.23. The highest BCUT2D eigenvalue weighted by Crippen LogP contribution is 2.40. The zero-order valence-electron chi connectivity index (χ0n) is 26.6. The molecule has 44 heavy (non-hydrogen) atoms. The van der Waals surface area contributed by atoms with E-state index in [2.05, 4.69) is 4.98 Å². The molecule has 0 aliphatic carbocycles. The minimum atomic E-state index is -1.30. The molecule has 9 nitrogen and oxygen atoms in total. The van der Waals surface area contributed by atoms with Gasteiger partial charge >= 0.3 is 12.1 Å². The largest absolute Gasteiger partial charge is 0.458 e. The molecule has 240 valence electrons. The summed E-state index contributed by atoms with van der Waals surface area (Å²) in [7, 11) is 0. The summed E-state index contributed by atoms with van der Waals surface area (Å²) in [4.78, 5) is 46.2. The molecule has 0 spiro atoms. The SMILES string of the molecule is CC(=Cc1csc(C)n1)[C@@H]1C[C@H]2[C@@H](CCC[C@H](C)[C@H](O)[C@@H](C)C(=O)C(C)(C)[C@@H](O)CC(=O)O1)N2C(=O)OCc1ccccc1. The summed E-state index contributed by atoms with van der Waals surface area (Å²) < 4.78 is 11.7. The van der Waals surface area contributed by atoms with Crippen LogP contribution in [0, 0.1) is 24.2 Å². The Morgan fingerprint density at radius 3 is 2.52 bits per heavy atom. The summed E-state index contributed by atoms with van der Waals surface area (Å²) in [5, 5.41) is 24.9. The van der Waals surface area contributed by atoms with Crippen LogP contribution in [0.25, 0.3) is 6.08 Å². The highest BCUT2D eigenvalue weighted by atomic mass is 32.1. The molecule has 2 aromatic rings. The molecule has 2 saturated heterocycles. The van der Waals surface area contributed by atoms with Gasteiger partial charge in [-0.1, -0.05) is 64.4 Å². The summed E-state index contributed by atoms with van der Waals surface area (Å²) >= 11 is 1.52. The quantitative estimate of drug-likeness (QED) is 0.327. The normalized spacial score (nSPS) is 30.3. The first kappa shape index (κ1) is 33.8. The van der Waals surface area contributed by atoms with Gasteiger partial charge in [0.05, 0.1) is 46.8 Å². The maximum Gasteiger partial charge on any atom is 0.410 e. The van der Waals surface area contributed by atoms with Crippen LogP contribution in [0.2, 0.25) is 0 Å². The van der Waals surface area contributed by atoms with Crippen molar-refractivity contribution < 1.29 is 34.1 Å². The van der Waals surface area contributed by atoms with Gasteiger partial charge in [0.1, 0.15) is 18.5 Å². The molecule has 2 N–H and O–H groups in total. The van der Waals surface area contributed by atoms with Gasteiger partial charge in [0.15, 0.2) is 0 Å². The summed E-state index contributed by atoms with van der Waals surface area (Å²) in [6, 6.07) is 9.15. The number of aliphatic hydroxyl groups is 2. The predicted molar refractivity (Wildman–Crippen MR) is 169 cm³/mol. The molecule has 3 heterocycles. The Labute approximate surface area is 264 Å². The minimum Gasteiger partial charge on any atom is -0.458 e. The molecule has 2 aliphatic rings. The number of thiazole rings is 1. The van der Waals surface area contributed by atoms with E-state index < -0.39 is 41.7 Å². The molecular formula is C34H46N2O7S. The Balaban J connectivity index is 1.60. The third-order valence-corrected chi connectivity index (χ3v) is 10.0. The fourth-order valence-corrected chi connectivity index (χ4v) is 6.73. The molecule has 1 amide bonds. The Morgan fingerprint density at radius 2 is 1.86 bits per heavy atom. The number of carbonyl (C=O) groups is 3. The maximum atomic E-state index is 13.4. The number of ketones is 1. The standard InChI is InChI=1S/C34H46N2O7S/c1-20-11-10-14-26-27(36(26)33(41)42-18-24-12-8-7-9-13-24)16-28(21(2)15-25-19-44-23(4)35-25)43-30(38)17-29(37)34(5,6)32(40)22(3)31(20)39/h7-9,12-13,15,19-20,22,26-29,31,37,39H,10-11,14,16-18H2,1-6H3/t20-,22+,26+,27-,28-,29-,31-,36?/m0/s1. The van der Waals surface area contributed by atoms with Crippen molar-refractivity contribution in [1.29, 1.82) is 0 Å². The van der Waals surface area contributed by atoms with E-state index in [-0.39, 0.29) is 36.8 Å². The number of aliphatic hydroxyl groups excluding tert-OH is 2. The number of Topliss-reactive ketones (excluding diaryl/α,β-unsaturated/α-hetero) is 1. The molecule has 0 saturated carbocycles. The van der Waals surface area contributed by atoms with E-state index in [4.69, 9.17) is 9.47 Å². The fraction of sp³-hybridized carbons (Fsp3) is 0.588. The van der Waals surface area contributed by atoms with Gasteiger partial charge in [0, 0.05) is 17.7 Å². The van der Waals surface area contributed by atoms with Crippen molar-refractivity contribution in [3.05, 3.63) is 57.6 Å². The lowest BCUT2D eigenvalue weighted by Gasteiger charge is -2.34. The van der Waals surface area contributed by atoms with Crippen LogP contribution in [0.5, 0.6) is 0 Å². The molecule has 1 aromatic heterocycles. The predicted octanol–water partition coefficient (Wildman–Crippen LogP) is 5.71. The Hall–Kier alpha value is -3.08. The second-order valence-electron chi connectivity index (χ2n) is 13.0. The molecule has 10 heteroatoms. The second-order valence-corrected chi connectivity index (χ2v) is 14.0. The number of aryl methyl sites for hydroxylation is 1. The van der Waals surface area contributed by atoms with Crippen LogP contribution in [0.15, 0.2) is 41.3 Å². The van der Waals surface area contributed by atoms with Crippen LogP contribution in [-0.2, 0) is 25.7 Å². The first-order valence-corrected chi connectivity index (χ1v) is 16.4. The molecule has 7 atom stereocenters. The van der Waals surface area contributed by atoms with E-state index in [1.165, 1.54) is 11.3 Å². The average molecular weight is 627 g/mol. The van der Waals surface area contributed by atoms with Gasteiger partial charge in [0.25, 0.3) is 0 Å². The van der Waals surface area contributed by atoms with Crippen LogP contribution in [0.1, 0.15) is 83.0 Å². The van der Waals surface area contributed by atoms with Crippen LogP contribution < -0.4 is 0 Å². The van der Waals surface area contributed by atoms with E-state index in [0.717, 1.165) is 28.3 Å². The summed E-state index contributed by atoms with van der Waals surface area (Å²) in [6.07, 6.45) is 0.629. The Morgan fingerprint density at radius 1 is 1.16 bits per heavy atom. The van der Waals surface area contributed by atoms with Gasteiger partial charge in [-0.05, 0) is 49.8 Å². The molecule has 1 aromatic carbocycles. The fourth-order valence-electron chi connectivity index (χ4n) is 6.16. The van der Waals surface area contributed by atoms with Gasteiger partial charge in [0.2, 0.25) is 0 Å². The molecule has 0 radical (unpaired) electrons. The number of aromatic nitrogens is 1. The topological polar surface area (TPSA) is 126 Å². The van der Waals surface area contributed by atoms with Crippen LogP contribution >= 0.6 is 11.3 Å². The van der Waals surface area contributed by atoms with Crippen molar-refractivity contribution in [3.63, 3.8) is 0 Å². The summed E-state index contributed by atoms with van der Waals surface area (Å²) in [5.41, 5.74) is 1.14. The Bertz CT molecular complexity index is 1340. The zero-order chi connectivity index (χ0) is 32.2. The van der Waals surface area contributed by atoms with Crippen LogP contribution in [0.3, 0.4) is 0 Å². The van der Waals surface area contributed by atoms with E-state index in [0.29, 0.717) is 19.3 Å². The zero-order valence-corrected chi connectivity index (χ0v) is 27.4. The third kappa shape index (κ3) is 8.14. The highest BCUT2D eigenvalue weighted by molar-refractivity contribution is 7.09. The summed E-state index contributed by atoms with van der Waals surface area (Å²) in [6.45, 7) is 10.7. The van der Waals surface area contributed by atoms with Crippen molar-refractivity contribution in [2.24, 2.45) is 17.3 Å². The van der Waals surface area contributed by atoms with Gasteiger partial charge < -0.3 is 19.7 Å². The lowest BCUT2D eigenvalue weighted by molar-refractivity contribution is -0.154. The average Bonchev–Trinajstić information content (AvgIpc) is 3.51. The van der Waals surface area contributed by atoms with Crippen molar-refractivity contribution in [1.82, 2.24) is 9.88 Å². The van der Waals surface area contributed by atoms with Gasteiger partial charge in [-0.3, -0.25) is 14.5 Å². The number of esters is 1. The molecule has 0 unspecified atom stereocenters. The monoisotopic (exact) mass is 626 g/mol. The van der Waals surface area contributed by atoms with Gasteiger partial charge in [-0.25, -0.2) is 9.78 Å². The number of hydrogen-bond acceptors (Lipinski definition) is 9. The number of rotatable bonds is 4. The van der Waals surface area contributed by atoms with Crippen LogP contribution in [0.4, 0.5) is 4.79 Å².